The molecule has 5 nitrogen and oxygen atoms in total. The third kappa shape index (κ3) is 5.81. The standard InChI is InChI=1S/C16H15F2N3O2S/c1-22-14-4-2-3-12(9-14)20-16(24)21-19-10-11-5-7-13(8-6-11)23-15(17)18/h2-10,15H,1H3,(H2,20,21,24)/b19-10-. The molecule has 0 radical (unpaired) electrons. The highest BCUT2D eigenvalue weighted by Crippen LogP contribution is 2.16. The smallest absolute Gasteiger partial charge is 0.387 e. The molecule has 0 saturated carbocycles. The first kappa shape index (κ1) is 17.6. The van der Waals surface area contributed by atoms with Crippen LogP contribution in [0.15, 0.2) is 53.6 Å². The quantitative estimate of drug-likeness (QED) is 0.473. The van der Waals surface area contributed by atoms with Gasteiger partial charge >= 0.3 is 6.61 Å². The van der Waals surface area contributed by atoms with E-state index >= 15 is 0 Å². The lowest BCUT2D eigenvalue weighted by molar-refractivity contribution is -0.0498. The van der Waals surface area contributed by atoms with Crippen LogP contribution in [0.3, 0.4) is 0 Å². The van der Waals surface area contributed by atoms with Crippen molar-refractivity contribution in [2.75, 3.05) is 12.4 Å². The molecule has 0 heterocycles. The number of methoxy groups -OCH3 is 1. The van der Waals surface area contributed by atoms with Gasteiger partial charge in [0.05, 0.1) is 13.3 Å². The second-order valence-electron chi connectivity index (χ2n) is 4.50. The summed E-state index contributed by atoms with van der Waals surface area (Å²) < 4.78 is 33.5. The molecule has 0 amide bonds. The van der Waals surface area contributed by atoms with Crippen molar-refractivity contribution in [1.82, 2.24) is 5.43 Å². The van der Waals surface area contributed by atoms with E-state index in [1.807, 2.05) is 18.2 Å². The Balaban J connectivity index is 1.85. The number of nitrogens with one attached hydrogen (secondary N) is 2. The van der Waals surface area contributed by atoms with Gasteiger partial charge < -0.3 is 14.8 Å². The molecule has 2 aromatic rings. The largest absolute Gasteiger partial charge is 0.497 e. The number of ether oxygens (including phenoxy) is 2. The lowest BCUT2D eigenvalue weighted by Gasteiger charge is -2.08. The maximum atomic E-state index is 12.1. The molecule has 0 aliphatic carbocycles. The van der Waals surface area contributed by atoms with Gasteiger partial charge in [0.25, 0.3) is 0 Å². The molecule has 24 heavy (non-hydrogen) atoms. The number of hydrogen-bond donors (Lipinski definition) is 2. The highest BCUT2D eigenvalue weighted by atomic mass is 32.1. The van der Waals surface area contributed by atoms with Gasteiger partial charge in [-0.25, -0.2) is 0 Å². The summed E-state index contributed by atoms with van der Waals surface area (Å²) in [4.78, 5) is 0. The van der Waals surface area contributed by atoms with Crippen molar-refractivity contribution >= 4 is 29.2 Å². The summed E-state index contributed by atoms with van der Waals surface area (Å²) in [5.74, 6) is 0.794. The van der Waals surface area contributed by atoms with Gasteiger partial charge in [-0.2, -0.15) is 13.9 Å². The predicted molar refractivity (Wildman–Crippen MR) is 93.0 cm³/mol. The van der Waals surface area contributed by atoms with Crippen LogP contribution in [0.5, 0.6) is 11.5 Å². The average Bonchev–Trinajstić information content (AvgIpc) is 2.56. The van der Waals surface area contributed by atoms with Gasteiger partial charge in [0.2, 0.25) is 0 Å². The van der Waals surface area contributed by atoms with Crippen LogP contribution in [0.2, 0.25) is 0 Å². The van der Waals surface area contributed by atoms with E-state index in [9.17, 15) is 8.78 Å². The number of hydrazone groups is 1. The van der Waals surface area contributed by atoms with Crippen LogP contribution in [-0.4, -0.2) is 25.0 Å². The van der Waals surface area contributed by atoms with Crippen molar-refractivity contribution < 1.29 is 18.3 Å². The van der Waals surface area contributed by atoms with Crippen LogP contribution in [0.1, 0.15) is 5.56 Å². The number of alkyl halides is 2. The van der Waals surface area contributed by atoms with E-state index in [4.69, 9.17) is 17.0 Å². The molecule has 0 bridgehead atoms. The molecule has 0 unspecified atom stereocenters. The minimum Gasteiger partial charge on any atom is -0.497 e. The van der Waals surface area contributed by atoms with E-state index in [-0.39, 0.29) is 5.75 Å². The van der Waals surface area contributed by atoms with Gasteiger partial charge in [-0.15, -0.1) is 0 Å². The zero-order valence-corrected chi connectivity index (χ0v) is 13.5. The molecule has 2 N–H and O–H groups in total. The van der Waals surface area contributed by atoms with Crippen LogP contribution in [0.25, 0.3) is 0 Å². The fraction of sp³-hybridized carbons (Fsp3) is 0.125. The van der Waals surface area contributed by atoms with Crippen LogP contribution in [0, 0.1) is 0 Å². The van der Waals surface area contributed by atoms with Gasteiger partial charge in [-0.05, 0) is 54.2 Å². The van der Waals surface area contributed by atoms with Gasteiger partial charge in [0.15, 0.2) is 5.11 Å². The highest BCUT2D eigenvalue weighted by molar-refractivity contribution is 7.80. The Labute approximate surface area is 143 Å². The van der Waals surface area contributed by atoms with Gasteiger partial charge in [-0.3, -0.25) is 5.43 Å². The van der Waals surface area contributed by atoms with Crippen molar-refractivity contribution in [2.45, 2.75) is 6.61 Å². The summed E-state index contributed by atoms with van der Waals surface area (Å²) >= 11 is 5.12. The van der Waals surface area contributed by atoms with Crippen molar-refractivity contribution in [3.63, 3.8) is 0 Å². The minimum absolute atomic E-state index is 0.0883. The van der Waals surface area contributed by atoms with Gasteiger partial charge in [0.1, 0.15) is 11.5 Å². The third-order valence-electron chi connectivity index (χ3n) is 2.81. The van der Waals surface area contributed by atoms with Crippen LogP contribution >= 0.6 is 12.2 Å². The summed E-state index contributed by atoms with van der Waals surface area (Å²) in [6.45, 7) is -2.84. The topological polar surface area (TPSA) is 54.9 Å². The zero-order chi connectivity index (χ0) is 17.4. The molecule has 0 aliphatic heterocycles. The van der Waals surface area contributed by atoms with E-state index in [2.05, 4.69) is 20.6 Å². The summed E-state index contributed by atoms with van der Waals surface area (Å²) in [5, 5.41) is 7.23. The Kier molecular flexibility index (Phi) is 6.44. The number of halogens is 2. The van der Waals surface area contributed by atoms with E-state index < -0.39 is 6.61 Å². The van der Waals surface area contributed by atoms with Crippen molar-refractivity contribution in [3.05, 3.63) is 54.1 Å². The molecule has 126 valence electrons. The van der Waals surface area contributed by atoms with Gasteiger partial charge in [-0.1, -0.05) is 6.07 Å². The van der Waals surface area contributed by atoms with Crippen LogP contribution in [0.4, 0.5) is 14.5 Å². The highest BCUT2D eigenvalue weighted by Gasteiger charge is 2.03. The SMILES string of the molecule is COc1cccc(NC(=S)N/N=C\c2ccc(OC(F)F)cc2)c1. The first-order valence-corrected chi connectivity index (χ1v) is 7.26. The summed E-state index contributed by atoms with van der Waals surface area (Å²) in [7, 11) is 1.58. The predicted octanol–water partition coefficient (Wildman–Crippen LogP) is 3.62. The molecule has 8 heteroatoms. The van der Waals surface area contributed by atoms with Crippen LogP contribution < -0.4 is 20.2 Å². The Bertz CT molecular complexity index is 709. The molecule has 0 spiro atoms. The lowest BCUT2D eigenvalue weighted by atomic mass is 10.2. The number of thiocarbonyl (C=S) groups is 1. The zero-order valence-electron chi connectivity index (χ0n) is 12.7. The molecule has 0 aromatic heterocycles. The lowest BCUT2D eigenvalue weighted by Crippen LogP contribution is -2.23. The normalized spacial score (nSPS) is 10.7. The fourth-order valence-electron chi connectivity index (χ4n) is 1.76. The molecule has 0 aliphatic rings. The van der Waals surface area contributed by atoms with E-state index in [1.54, 1.807) is 25.3 Å². The molecular weight excluding hydrogens is 336 g/mol. The number of nitrogens with zero attached hydrogens (tertiary/aromatic N) is 1. The number of hydrogen-bond acceptors (Lipinski definition) is 4. The molecule has 0 fully saturated rings. The van der Waals surface area contributed by atoms with Crippen molar-refractivity contribution in [2.24, 2.45) is 5.10 Å². The second-order valence-corrected chi connectivity index (χ2v) is 4.91. The number of rotatable bonds is 6. The Morgan fingerprint density at radius 1 is 1.17 bits per heavy atom. The summed E-state index contributed by atoms with van der Waals surface area (Å²) in [6.07, 6.45) is 1.51. The van der Waals surface area contributed by atoms with E-state index in [0.717, 1.165) is 5.69 Å². The maximum absolute atomic E-state index is 12.1. The monoisotopic (exact) mass is 351 g/mol. The van der Waals surface area contributed by atoms with E-state index in [1.165, 1.54) is 18.3 Å². The number of anilines is 1. The second kappa shape index (κ2) is 8.78. The molecular formula is C16H15F2N3O2S. The summed E-state index contributed by atoms with van der Waals surface area (Å²) in [6, 6.07) is 13.3. The van der Waals surface area contributed by atoms with Crippen molar-refractivity contribution in [1.29, 1.82) is 0 Å². The summed E-state index contributed by atoms with van der Waals surface area (Å²) in [5.41, 5.74) is 4.12. The van der Waals surface area contributed by atoms with Crippen molar-refractivity contribution in [3.8, 4) is 11.5 Å². The molecule has 0 saturated heterocycles. The first-order valence-electron chi connectivity index (χ1n) is 6.86. The minimum atomic E-state index is -2.84. The fourth-order valence-corrected chi connectivity index (χ4v) is 1.93. The average molecular weight is 351 g/mol. The molecule has 0 atom stereocenters. The first-order chi connectivity index (χ1) is 11.6. The van der Waals surface area contributed by atoms with E-state index in [0.29, 0.717) is 16.4 Å². The Morgan fingerprint density at radius 2 is 1.92 bits per heavy atom. The van der Waals surface area contributed by atoms with Crippen LogP contribution in [-0.2, 0) is 0 Å². The Morgan fingerprint density at radius 3 is 2.58 bits per heavy atom. The van der Waals surface area contributed by atoms with Gasteiger partial charge in [0, 0.05) is 11.8 Å². The molecule has 2 aromatic carbocycles. The maximum Gasteiger partial charge on any atom is 0.387 e. The molecule has 2 rings (SSSR count). The number of benzene rings is 2. The Hall–Kier alpha value is -2.74. The third-order valence-corrected chi connectivity index (χ3v) is 3.01.